The molecular formula is C11H24N2. The van der Waals surface area contributed by atoms with E-state index in [4.69, 9.17) is 5.73 Å². The molecule has 0 spiro atoms. The van der Waals surface area contributed by atoms with Crippen LogP contribution in [-0.4, -0.2) is 29.6 Å². The average Bonchev–Trinajstić information content (AvgIpc) is 2.28. The highest BCUT2D eigenvalue weighted by Gasteiger charge is 2.40. The normalized spacial score (nSPS) is 31.6. The van der Waals surface area contributed by atoms with Crippen LogP contribution >= 0.6 is 0 Å². The highest BCUT2D eigenvalue weighted by atomic mass is 15.2. The highest BCUT2D eigenvalue weighted by molar-refractivity contribution is 4.97. The average molecular weight is 184 g/mol. The van der Waals surface area contributed by atoms with Gasteiger partial charge in [0.05, 0.1) is 0 Å². The van der Waals surface area contributed by atoms with Crippen molar-refractivity contribution >= 4 is 0 Å². The molecule has 1 rings (SSSR count). The van der Waals surface area contributed by atoms with Crippen molar-refractivity contribution in [2.75, 3.05) is 6.54 Å². The first-order valence-corrected chi connectivity index (χ1v) is 5.35. The Bertz CT molecular complexity index is 169. The summed E-state index contributed by atoms with van der Waals surface area (Å²) >= 11 is 0. The molecule has 13 heavy (non-hydrogen) atoms. The van der Waals surface area contributed by atoms with Gasteiger partial charge in [-0.15, -0.1) is 0 Å². The molecule has 0 bridgehead atoms. The fraction of sp³-hybridized carbons (Fsp3) is 1.00. The summed E-state index contributed by atoms with van der Waals surface area (Å²) in [7, 11) is 0. The Morgan fingerprint density at radius 2 is 1.85 bits per heavy atom. The number of nitrogens with two attached hydrogens (primary N) is 1. The summed E-state index contributed by atoms with van der Waals surface area (Å²) in [6.07, 6.45) is 1.15. The quantitative estimate of drug-likeness (QED) is 0.674. The van der Waals surface area contributed by atoms with Crippen LogP contribution in [0.25, 0.3) is 0 Å². The summed E-state index contributed by atoms with van der Waals surface area (Å²) < 4.78 is 0. The maximum absolute atomic E-state index is 6.15. The van der Waals surface area contributed by atoms with Gasteiger partial charge in [-0.3, -0.25) is 4.90 Å². The lowest BCUT2D eigenvalue weighted by molar-refractivity contribution is 0.103. The van der Waals surface area contributed by atoms with Crippen LogP contribution in [0.3, 0.4) is 0 Å². The van der Waals surface area contributed by atoms with Gasteiger partial charge in [0.25, 0.3) is 0 Å². The molecule has 0 aliphatic carbocycles. The molecule has 0 aromatic heterocycles. The molecule has 0 radical (unpaired) electrons. The molecule has 1 saturated heterocycles. The molecule has 2 heteroatoms. The third-order valence-electron chi connectivity index (χ3n) is 3.03. The molecule has 2 nitrogen and oxygen atoms in total. The zero-order valence-electron chi connectivity index (χ0n) is 9.67. The zero-order chi connectivity index (χ0) is 10.2. The van der Waals surface area contributed by atoms with Crippen molar-refractivity contribution in [1.82, 2.24) is 4.90 Å². The third kappa shape index (κ3) is 2.23. The van der Waals surface area contributed by atoms with Gasteiger partial charge in [0.1, 0.15) is 0 Å². The van der Waals surface area contributed by atoms with E-state index in [0.717, 1.165) is 6.42 Å². The van der Waals surface area contributed by atoms with Crippen LogP contribution in [0.1, 0.15) is 41.0 Å². The number of rotatable bonds is 1. The number of likely N-dealkylation sites (tertiary alicyclic amines) is 1. The minimum atomic E-state index is 0.306. The van der Waals surface area contributed by atoms with Gasteiger partial charge in [-0.25, -0.2) is 0 Å². The van der Waals surface area contributed by atoms with E-state index in [1.807, 2.05) is 0 Å². The van der Waals surface area contributed by atoms with Crippen molar-refractivity contribution in [2.24, 2.45) is 11.1 Å². The van der Waals surface area contributed by atoms with Crippen molar-refractivity contribution in [1.29, 1.82) is 0 Å². The van der Waals surface area contributed by atoms with E-state index in [1.54, 1.807) is 0 Å². The molecule has 1 heterocycles. The summed E-state index contributed by atoms with van der Waals surface area (Å²) in [5.74, 6) is 0. The molecule has 0 unspecified atom stereocenters. The van der Waals surface area contributed by atoms with Crippen molar-refractivity contribution in [2.45, 2.75) is 59.2 Å². The predicted molar refractivity (Wildman–Crippen MR) is 57.7 cm³/mol. The Morgan fingerprint density at radius 3 is 2.15 bits per heavy atom. The van der Waals surface area contributed by atoms with E-state index in [2.05, 4.69) is 39.5 Å². The Labute approximate surface area is 82.5 Å². The lowest BCUT2D eigenvalue weighted by atomic mass is 9.82. The minimum absolute atomic E-state index is 0.306. The van der Waals surface area contributed by atoms with Gasteiger partial charge in [0.2, 0.25) is 0 Å². The van der Waals surface area contributed by atoms with Crippen LogP contribution in [-0.2, 0) is 0 Å². The van der Waals surface area contributed by atoms with E-state index in [0.29, 0.717) is 23.5 Å². The van der Waals surface area contributed by atoms with E-state index in [-0.39, 0.29) is 0 Å². The Kier molecular flexibility index (Phi) is 3.03. The first-order valence-electron chi connectivity index (χ1n) is 5.35. The van der Waals surface area contributed by atoms with Gasteiger partial charge in [-0.1, -0.05) is 20.8 Å². The Hall–Kier alpha value is -0.0800. The number of hydrogen-bond acceptors (Lipinski definition) is 2. The van der Waals surface area contributed by atoms with Crippen LogP contribution < -0.4 is 5.73 Å². The lowest BCUT2D eigenvalue weighted by Crippen LogP contribution is -2.50. The van der Waals surface area contributed by atoms with Crippen molar-refractivity contribution in [3.05, 3.63) is 0 Å². The van der Waals surface area contributed by atoms with E-state index < -0.39 is 0 Å². The lowest BCUT2D eigenvalue weighted by Gasteiger charge is -2.39. The predicted octanol–water partition coefficient (Wildman–Crippen LogP) is 1.84. The fourth-order valence-corrected chi connectivity index (χ4v) is 2.56. The van der Waals surface area contributed by atoms with Crippen LogP contribution in [0.5, 0.6) is 0 Å². The first-order chi connectivity index (χ1) is 5.84. The number of hydrogen-bond donors (Lipinski definition) is 1. The molecule has 1 aliphatic rings. The molecule has 0 aromatic carbocycles. The smallest absolute Gasteiger partial charge is 0.0298 e. The van der Waals surface area contributed by atoms with Gasteiger partial charge in [-0.2, -0.15) is 0 Å². The molecule has 0 saturated carbocycles. The van der Waals surface area contributed by atoms with Crippen LogP contribution in [0.15, 0.2) is 0 Å². The van der Waals surface area contributed by atoms with Crippen LogP contribution in [0.2, 0.25) is 0 Å². The monoisotopic (exact) mass is 184 g/mol. The second-order valence-electron chi connectivity index (χ2n) is 5.59. The minimum Gasteiger partial charge on any atom is -0.326 e. The van der Waals surface area contributed by atoms with Gasteiger partial charge >= 0.3 is 0 Å². The van der Waals surface area contributed by atoms with Crippen LogP contribution in [0, 0.1) is 5.41 Å². The highest BCUT2D eigenvalue weighted by Crippen LogP contribution is 2.33. The van der Waals surface area contributed by atoms with E-state index in [9.17, 15) is 0 Å². The van der Waals surface area contributed by atoms with E-state index >= 15 is 0 Å². The van der Waals surface area contributed by atoms with Crippen molar-refractivity contribution in [3.63, 3.8) is 0 Å². The number of nitrogens with zero attached hydrogens (tertiary/aromatic N) is 1. The second-order valence-corrected chi connectivity index (χ2v) is 5.59. The maximum Gasteiger partial charge on any atom is 0.0298 e. The molecule has 2 N–H and O–H groups in total. The van der Waals surface area contributed by atoms with Crippen molar-refractivity contribution in [3.8, 4) is 0 Å². The molecule has 78 valence electrons. The molecule has 2 atom stereocenters. The molecule has 1 aliphatic heterocycles. The summed E-state index contributed by atoms with van der Waals surface area (Å²) in [4.78, 5) is 2.55. The maximum atomic E-state index is 6.15. The molecular weight excluding hydrogens is 160 g/mol. The first kappa shape index (κ1) is 11.0. The molecule has 1 fully saturated rings. The standard InChI is InChI=1S/C11H24N2/c1-8(2)13-7-6-9(12)10(13)11(3,4)5/h8-10H,6-7,12H2,1-5H3/t9-,10-/m1/s1. The summed E-state index contributed by atoms with van der Waals surface area (Å²) in [6.45, 7) is 12.6. The topological polar surface area (TPSA) is 29.3 Å². The summed E-state index contributed by atoms with van der Waals surface area (Å²) in [6, 6.07) is 1.53. The van der Waals surface area contributed by atoms with E-state index in [1.165, 1.54) is 6.54 Å². The van der Waals surface area contributed by atoms with Crippen molar-refractivity contribution < 1.29 is 0 Å². The fourth-order valence-electron chi connectivity index (χ4n) is 2.56. The SMILES string of the molecule is CC(C)N1CC[C@@H](N)[C@@H]1C(C)(C)C. The molecule has 0 aromatic rings. The largest absolute Gasteiger partial charge is 0.326 e. The van der Waals surface area contributed by atoms with Gasteiger partial charge in [0.15, 0.2) is 0 Å². The van der Waals surface area contributed by atoms with Gasteiger partial charge in [-0.05, 0) is 25.7 Å². The van der Waals surface area contributed by atoms with Crippen LogP contribution in [0.4, 0.5) is 0 Å². The third-order valence-corrected chi connectivity index (χ3v) is 3.03. The summed E-state index contributed by atoms with van der Waals surface area (Å²) in [5, 5.41) is 0. The zero-order valence-corrected chi connectivity index (χ0v) is 9.67. The van der Waals surface area contributed by atoms with Gasteiger partial charge in [0, 0.05) is 24.7 Å². The molecule has 0 amide bonds. The van der Waals surface area contributed by atoms with Gasteiger partial charge < -0.3 is 5.73 Å². The Balaban J connectivity index is 2.77. The summed E-state index contributed by atoms with van der Waals surface area (Å²) in [5.41, 5.74) is 6.46. The second kappa shape index (κ2) is 3.58. The Morgan fingerprint density at radius 1 is 1.31 bits per heavy atom.